The quantitative estimate of drug-likeness (QED) is 0.495. The van der Waals surface area contributed by atoms with Gasteiger partial charge in [0, 0.05) is 5.38 Å². The normalized spacial score (nSPS) is 11.9. The number of hydrogen-bond donors (Lipinski definition) is 1. The van der Waals surface area contributed by atoms with Crippen LogP contribution in [0.1, 0.15) is 22.7 Å². The zero-order valence-corrected chi connectivity index (χ0v) is 16.6. The van der Waals surface area contributed by atoms with Crippen LogP contribution in [-0.2, 0) is 6.42 Å². The van der Waals surface area contributed by atoms with E-state index in [1.165, 1.54) is 22.3 Å². The molecule has 0 aliphatic heterocycles. The summed E-state index contributed by atoms with van der Waals surface area (Å²) in [6.07, 6.45) is 0.897. The molecule has 3 nitrogen and oxygen atoms in total. The average molecular weight is 388 g/mol. The fourth-order valence-corrected chi connectivity index (χ4v) is 4.09. The predicted molar refractivity (Wildman–Crippen MR) is 116 cm³/mol. The Bertz CT molecular complexity index is 1020. The summed E-state index contributed by atoms with van der Waals surface area (Å²) in [5.41, 5.74) is 12.1. The first-order valence-electron chi connectivity index (χ1n) is 9.27. The average Bonchev–Trinajstić information content (AvgIpc) is 3.19. The number of nitrogens with two attached hydrogens (primary N) is 1. The summed E-state index contributed by atoms with van der Waals surface area (Å²) >= 11 is 1.54. The summed E-state index contributed by atoms with van der Waals surface area (Å²) in [4.78, 5) is 3.33. The van der Waals surface area contributed by atoms with Gasteiger partial charge in [0.05, 0.1) is 13.0 Å². The summed E-state index contributed by atoms with van der Waals surface area (Å²) in [5.74, 6) is 1.07. The van der Waals surface area contributed by atoms with Gasteiger partial charge in [-0.2, -0.15) is 0 Å². The summed E-state index contributed by atoms with van der Waals surface area (Å²) in [6, 6.07) is 27.6. The maximum Gasteiger partial charge on any atom is 0.329 e. The Morgan fingerprint density at radius 2 is 1.57 bits per heavy atom. The number of ether oxygens (including phenoxy) is 1. The van der Waals surface area contributed by atoms with Crippen LogP contribution in [0.25, 0.3) is 11.1 Å². The van der Waals surface area contributed by atoms with Crippen molar-refractivity contribution in [3.63, 3.8) is 0 Å². The topological polar surface area (TPSA) is 49.4 Å². The number of aromatic amines is 1. The maximum absolute atomic E-state index is 5.96. The molecule has 140 valence electrons. The molecule has 0 fully saturated rings. The number of thiazole rings is 1. The first kappa shape index (κ1) is 18.3. The van der Waals surface area contributed by atoms with Crippen molar-refractivity contribution in [3.05, 3.63) is 101 Å². The summed E-state index contributed by atoms with van der Waals surface area (Å²) in [5, 5.41) is 2.84. The number of rotatable bonds is 6. The number of aromatic nitrogens is 1. The van der Waals surface area contributed by atoms with Crippen LogP contribution in [0.5, 0.6) is 5.75 Å². The Hall–Kier alpha value is -3.11. The van der Waals surface area contributed by atoms with Gasteiger partial charge in [0.25, 0.3) is 0 Å². The lowest BCUT2D eigenvalue weighted by molar-refractivity contribution is -0.368. The van der Waals surface area contributed by atoms with Crippen LogP contribution >= 0.6 is 11.3 Å². The Morgan fingerprint density at radius 3 is 2.18 bits per heavy atom. The number of methoxy groups -OCH3 is 1. The molecule has 0 saturated heterocycles. The number of anilines is 1. The van der Waals surface area contributed by atoms with E-state index in [2.05, 4.69) is 71.0 Å². The van der Waals surface area contributed by atoms with Crippen molar-refractivity contribution in [1.82, 2.24) is 0 Å². The van der Waals surface area contributed by atoms with Gasteiger partial charge in [-0.05, 0) is 40.8 Å². The zero-order chi connectivity index (χ0) is 19.3. The number of H-pyrrole nitrogens is 1. The van der Waals surface area contributed by atoms with Gasteiger partial charge in [-0.3, -0.25) is 5.73 Å². The van der Waals surface area contributed by atoms with E-state index in [4.69, 9.17) is 10.5 Å². The Morgan fingerprint density at radius 1 is 0.893 bits per heavy atom. The molecule has 0 radical (unpaired) electrons. The number of benzene rings is 3. The molecule has 1 heterocycles. The Labute approximate surface area is 169 Å². The van der Waals surface area contributed by atoms with E-state index in [0.717, 1.165) is 23.0 Å². The van der Waals surface area contributed by atoms with Crippen LogP contribution in [0, 0.1) is 0 Å². The summed E-state index contributed by atoms with van der Waals surface area (Å²) in [6.45, 7) is 0. The highest BCUT2D eigenvalue weighted by molar-refractivity contribution is 7.13. The Balaban J connectivity index is 1.62. The molecule has 4 rings (SSSR count). The minimum Gasteiger partial charge on any atom is -0.497 e. The smallest absolute Gasteiger partial charge is 0.329 e. The van der Waals surface area contributed by atoms with Crippen LogP contribution in [0.4, 0.5) is 5.13 Å². The highest BCUT2D eigenvalue weighted by Crippen LogP contribution is 2.30. The van der Waals surface area contributed by atoms with Gasteiger partial charge in [-0.15, -0.1) is 0 Å². The molecular formula is C24H23N2OS+. The van der Waals surface area contributed by atoms with Crippen molar-refractivity contribution in [2.24, 2.45) is 0 Å². The predicted octanol–water partition coefficient (Wildman–Crippen LogP) is 5.19. The first-order chi connectivity index (χ1) is 13.7. The SMILES string of the molecule is COc1ccc(C(Cc2ccc(-c3ccccc3)cc2)c2csc(N)[nH+]2)cc1. The standard InChI is InChI=1S/C24H22N2OS/c1-27-21-13-11-20(12-14-21)22(23-16-28-24(25)26-23)15-17-7-9-19(10-8-17)18-5-3-2-4-6-18/h2-14,16,22H,15H2,1H3,(H2,25,26)/p+1. The maximum atomic E-state index is 5.96. The minimum atomic E-state index is 0.210. The molecule has 1 aromatic heterocycles. The van der Waals surface area contributed by atoms with Crippen molar-refractivity contribution in [2.45, 2.75) is 12.3 Å². The molecule has 4 aromatic rings. The summed E-state index contributed by atoms with van der Waals surface area (Å²) < 4.78 is 5.31. The van der Waals surface area contributed by atoms with E-state index in [1.54, 1.807) is 18.4 Å². The van der Waals surface area contributed by atoms with Crippen molar-refractivity contribution >= 4 is 16.5 Å². The molecule has 4 heteroatoms. The second-order valence-corrected chi connectivity index (χ2v) is 7.68. The molecule has 0 bridgehead atoms. The molecule has 0 spiro atoms. The zero-order valence-electron chi connectivity index (χ0n) is 15.8. The summed E-state index contributed by atoms with van der Waals surface area (Å²) in [7, 11) is 1.69. The van der Waals surface area contributed by atoms with E-state index in [9.17, 15) is 0 Å². The number of nitrogens with one attached hydrogen (secondary N) is 1. The van der Waals surface area contributed by atoms with Gasteiger partial charge in [-0.1, -0.05) is 78.1 Å². The van der Waals surface area contributed by atoms with Crippen LogP contribution < -0.4 is 15.5 Å². The molecule has 0 amide bonds. The van der Waals surface area contributed by atoms with Gasteiger partial charge in [0.1, 0.15) is 11.4 Å². The van der Waals surface area contributed by atoms with E-state index in [-0.39, 0.29) is 5.92 Å². The van der Waals surface area contributed by atoms with Crippen LogP contribution in [0.15, 0.2) is 84.2 Å². The highest BCUT2D eigenvalue weighted by atomic mass is 32.1. The third-order valence-corrected chi connectivity index (χ3v) is 5.70. The number of hydrogen-bond acceptors (Lipinski definition) is 3. The second-order valence-electron chi connectivity index (χ2n) is 6.77. The molecule has 3 aromatic carbocycles. The van der Waals surface area contributed by atoms with Crippen molar-refractivity contribution in [2.75, 3.05) is 12.8 Å². The fourth-order valence-electron chi connectivity index (χ4n) is 3.44. The van der Waals surface area contributed by atoms with Gasteiger partial charge in [0.15, 0.2) is 0 Å². The van der Waals surface area contributed by atoms with Crippen molar-refractivity contribution < 1.29 is 9.72 Å². The highest BCUT2D eigenvalue weighted by Gasteiger charge is 2.20. The van der Waals surface area contributed by atoms with Crippen LogP contribution in [0.2, 0.25) is 0 Å². The third kappa shape index (κ3) is 4.07. The molecular weight excluding hydrogens is 364 g/mol. The molecule has 1 atom stereocenters. The van der Waals surface area contributed by atoms with Crippen molar-refractivity contribution in [1.29, 1.82) is 0 Å². The molecule has 0 saturated carbocycles. The van der Waals surface area contributed by atoms with Crippen LogP contribution in [-0.4, -0.2) is 7.11 Å². The molecule has 0 aliphatic rings. The number of nitrogen functional groups attached to an aromatic ring is 1. The Kier molecular flexibility index (Phi) is 5.40. The van der Waals surface area contributed by atoms with E-state index in [1.807, 2.05) is 18.2 Å². The third-order valence-electron chi connectivity index (χ3n) is 4.97. The largest absolute Gasteiger partial charge is 0.497 e. The second kappa shape index (κ2) is 8.28. The van der Waals surface area contributed by atoms with E-state index >= 15 is 0 Å². The van der Waals surface area contributed by atoms with E-state index < -0.39 is 0 Å². The molecule has 0 aliphatic carbocycles. The minimum absolute atomic E-state index is 0.210. The monoisotopic (exact) mass is 387 g/mol. The lowest BCUT2D eigenvalue weighted by Crippen LogP contribution is -2.17. The van der Waals surface area contributed by atoms with Gasteiger partial charge in [0.2, 0.25) is 0 Å². The lowest BCUT2D eigenvalue weighted by atomic mass is 9.89. The van der Waals surface area contributed by atoms with Gasteiger partial charge >= 0.3 is 5.13 Å². The van der Waals surface area contributed by atoms with E-state index in [0.29, 0.717) is 0 Å². The fraction of sp³-hybridized carbons (Fsp3) is 0.125. The first-order valence-corrected chi connectivity index (χ1v) is 10.2. The van der Waals surface area contributed by atoms with Crippen LogP contribution in [0.3, 0.4) is 0 Å². The van der Waals surface area contributed by atoms with Gasteiger partial charge < -0.3 is 4.74 Å². The van der Waals surface area contributed by atoms with Gasteiger partial charge in [-0.25, -0.2) is 4.98 Å². The molecule has 3 N–H and O–H groups in total. The lowest BCUT2D eigenvalue weighted by Gasteiger charge is -2.15. The van der Waals surface area contributed by atoms with Crippen molar-refractivity contribution in [3.8, 4) is 16.9 Å². The molecule has 28 heavy (non-hydrogen) atoms. The molecule has 1 unspecified atom stereocenters.